The van der Waals surface area contributed by atoms with Crippen LogP contribution in [0.4, 0.5) is 0 Å². The van der Waals surface area contributed by atoms with E-state index in [1.54, 1.807) is 0 Å². The van der Waals surface area contributed by atoms with E-state index in [0.717, 1.165) is 0 Å². The van der Waals surface area contributed by atoms with Gasteiger partial charge in [-0.2, -0.15) is 0 Å². The maximum Gasteiger partial charge on any atom is 4.00 e. The summed E-state index contributed by atoms with van der Waals surface area (Å²) in [7, 11) is 0. The van der Waals surface area contributed by atoms with Crippen LogP contribution in [0, 0.1) is 0 Å². The number of benzene rings is 1. The Labute approximate surface area is 69.4 Å². The fourth-order valence-corrected chi connectivity index (χ4v) is 0.385. The first-order valence-electron chi connectivity index (χ1n) is 2.00. The Morgan fingerprint density at radius 1 is 0.444 bits per heavy atom. The minimum atomic E-state index is 0. The second-order valence-corrected chi connectivity index (χ2v) is 1.15. The summed E-state index contributed by atoms with van der Waals surface area (Å²) in [5.74, 6) is 0. The van der Waals surface area contributed by atoms with E-state index in [1.165, 1.54) is 0 Å². The molecule has 0 unspecified atom stereocenters. The second-order valence-electron chi connectivity index (χ2n) is 1.15. The van der Waals surface area contributed by atoms with E-state index in [-0.39, 0.29) is 32.7 Å². The summed E-state index contributed by atoms with van der Waals surface area (Å²) in [5.41, 5.74) is 0. The van der Waals surface area contributed by atoms with E-state index in [4.69, 9.17) is 0 Å². The quantitative estimate of drug-likeness (QED) is 0.513. The third-order valence-electron chi connectivity index (χ3n) is 0.667. The Bertz CT molecular complexity index is 83.0. The molecule has 0 atom stereocenters. The topological polar surface area (TPSA) is 57.0 Å². The molecule has 0 N–H and O–H groups in total. The molecule has 0 heterocycles. The van der Waals surface area contributed by atoms with Gasteiger partial charge in [-0.05, 0) is 0 Å². The van der Waals surface area contributed by atoms with Gasteiger partial charge in [0, 0.05) is 0 Å². The van der Waals surface area contributed by atoms with Gasteiger partial charge in [0.05, 0.1) is 0 Å². The van der Waals surface area contributed by atoms with Crippen LogP contribution in [0.3, 0.4) is 0 Å². The molecule has 1 aromatic carbocycles. The molecule has 0 aliphatic heterocycles. The molecule has 0 aliphatic rings. The maximum absolute atomic E-state index is 2.00. The molecule has 0 aromatic heterocycles. The van der Waals surface area contributed by atoms with E-state index in [2.05, 4.69) is 0 Å². The summed E-state index contributed by atoms with van der Waals surface area (Å²) in [6.07, 6.45) is 0. The summed E-state index contributed by atoms with van der Waals surface area (Å²) in [4.78, 5) is 0. The first-order valence-corrected chi connectivity index (χ1v) is 2.00. The molecular formula is C6H6O2Ti. The first kappa shape index (κ1) is 15.9. The summed E-state index contributed by atoms with van der Waals surface area (Å²) in [5, 5.41) is 0. The van der Waals surface area contributed by atoms with Crippen molar-refractivity contribution in [3.05, 3.63) is 36.4 Å². The minimum absolute atomic E-state index is 0. The van der Waals surface area contributed by atoms with E-state index in [1.807, 2.05) is 36.4 Å². The monoisotopic (exact) mass is 158 g/mol. The molecule has 0 fully saturated rings. The van der Waals surface area contributed by atoms with E-state index < -0.39 is 0 Å². The number of rotatable bonds is 0. The molecule has 0 saturated carbocycles. The van der Waals surface area contributed by atoms with Crippen molar-refractivity contribution in [1.82, 2.24) is 0 Å². The van der Waals surface area contributed by atoms with Gasteiger partial charge in [-0.15, -0.1) is 0 Å². The van der Waals surface area contributed by atoms with Crippen LogP contribution in [0.2, 0.25) is 0 Å². The van der Waals surface area contributed by atoms with Gasteiger partial charge in [0.15, 0.2) is 0 Å². The van der Waals surface area contributed by atoms with Crippen molar-refractivity contribution in [3.63, 3.8) is 0 Å². The maximum atomic E-state index is 2.00. The fourth-order valence-electron chi connectivity index (χ4n) is 0.385. The van der Waals surface area contributed by atoms with Gasteiger partial charge in [-0.3, -0.25) is 0 Å². The van der Waals surface area contributed by atoms with Crippen molar-refractivity contribution in [3.8, 4) is 0 Å². The standard InChI is InChI=1S/C6H6.2O.Ti/c1-2-4-6-5-3-1;;;/h1-6H;;;/q;2*-2;+4. The van der Waals surface area contributed by atoms with Crippen LogP contribution in [0.15, 0.2) is 36.4 Å². The molecule has 3 heteroatoms. The zero-order chi connectivity index (χ0) is 4.24. The van der Waals surface area contributed by atoms with Crippen LogP contribution < -0.4 is 0 Å². The van der Waals surface area contributed by atoms with Crippen molar-refractivity contribution >= 4 is 0 Å². The zero-order valence-corrected chi connectivity index (χ0v) is 6.34. The summed E-state index contributed by atoms with van der Waals surface area (Å²) in [6, 6.07) is 12.0. The molecule has 9 heavy (non-hydrogen) atoms. The molecule has 1 rings (SSSR count). The summed E-state index contributed by atoms with van der Waals surface area (Å²) in [6.45, 7) is 0. The van der Waals surface area contributed by atoms with Gasteiger partial charge >= 0.3 is 21.7 Å². The molecule has 2 nitrogen and oxygen atoms in total. The normalized spacial score (nSPS) is 5.33. The molecule has 0 spiro atoms. The smallest absolute Gasteiger partial charge is 2.00 e. The fraction of sp³-hybridized carbons (Fsp3) is 0. The summed E-state index contributed by atoms with van der Waals surface area (Å²) < 4.78 is 0. The van der Waals surface area contributed by atoms with Crippen molar-refractivity contribution in [2.75, 3.05) is 0 Å². The average molecular weight is 158 g/mol. The van der Waals surface area contributed by atoms with Crippen LogP contribution in [0.25, 0.3) is 0 Å². The molecule has 0 saturated heterocycles. The van der Waals surface area contributed by atoms with Crippen LogP contribution in [0.5, 0.6) is 0 Å². The molecular weight excluding hydrogens is 152 g/mol. The molecule has 0 bridgehead atoms. The van der Waals surface area contributed by atoms with Crippen LogP contribution >= 0.6 is 0 Å². The molecule has 0 aliphatic carbocycles. The minimum Gasteiger partial charge on any atom is -2.00 e. The van der Waals surface area contributed by atoms with Gasteiger partial charge in [0.2, 0.25) is 0 Å². The Balaban J connectivity index is -0.000000120. The van der Waals surface area contributed by atoms with Gasteiger partial charge in [-0.25, -0.2) is 0 Å². The van der Waals surface area contributed by atoms with Crippen molar-refractivity contribution in [2.45, 2.75) is 0 Å². The van der Waals surface area contributed by atoms with Crippen LogP contribution in [0.1, 0.15) is 0 Å². The average Bonchev–Trinajstić information content (AvgIpc) is 1.72. The molecule has 0 radical (unpaired) electrons. The predicted octanol–water partition coefficient (Wildman–Crippen LogP) is 1.45. The van der Waals surface area contributed by atoms with Gasteiger partial charge in [0.1, 0.15) is 0 Å². The van der Waals surface area contributed by atoms with Gasteiger partial charge in [0.25, 0.3) is 0 Å². The SMILES string of the molecule is [O-2].[O-2].[Ti+4].c1ccccc1. The summed E-state index contributed by atoms with van der Waals surface area (Å²) >= 11 is 0. The predicted molar refractivity (Wildman–Crippen MR) is 27.8 cm³/mol. The van der Waals surface area contributed by atoms with Crippen molar-refractivity contribution in [2.24, 2.45) is 0 Å². The zero-order valence-electron chi connectivity index (χ0n) is 4.78. The molecule has 1 aromatic rings. The Hall–Kier alpha value is -0.146. The van der Waals surface area contributed by atoms with Gasteiger partial charge < -0.3 is 11.0 Å². The third kappa shape index (κ3) is 7.85. The van der Waals surface area contributed by atoms with E-state index in [9.17, 15) is 0 Å². The second kappa shape index (κ2) is 10.8. The number of hydrogen-bond donors (Lipinski definition) is 0. The largest absolute Gasteiger partial charge is 4.00 e. The van der Waals surface area contributed by atoms with Gasteiger partial charge in [-0.1, -0.05) is 36.4 Å². The van der Waals surface area contributed by atoms with Crippen LogP contribution in [-0.2, 0) is 32.7 Å². The Kier molecular flexibility index (Phi) is 19.1. The Morgan fingerprint density at radius 3 is 0.667 bits per heavy atom. The van der Waals surface area contributed by atoms with E-state index in [0.29, 0.717) is 0 Å². The van der Waals surface area contributed by atoms with Crippen molar-refractivity contribution < 1.29 is 32.7 Å². The molecule has 0 amide bonds. The first-order chi connectivity index (χ1) is 3.00. The van der Waals surface area contributed by atoms with Crippen molar-refractivity contribution in [1.29, 1.82) is 0 Å². The van der Waals surface area contributed by atoms with E-state index >= 15 is 0 Å². The van der Waals surface area contributed by atoms with Crippen LogP contribution in [-0.4, -0.2) is 0 Å². The molecule has 46 valence electrons. The third-order valence-corrected chi connectivity index (χ3v) is 0.667. The Morgan fingerprint density at radius 2 is 0.556 bits per heavy atom. The number of hydrogen-bond acceptors (Lipinski definition) is 0.